The molecule has 0 radical (unpaired) electrons. The van der Waals surface area contributed by atoms with Gasteiger partial charge in [-0.1, -0.05) is 32.9 Å². The van der Waals surface area contributed by atoms with Crippen molar-refractivity contribution in [2.24, 2.45) is 11.3 Å². The summed E-state index contributed by atoms with van der Waals surface area (Å²) in [7, 11) is 1.59. The summed E-state index contributed by atoms with van der Waals surface area (Å²) in [6.07, 6.45) is 0. The fourth-order valence-corrected chi connectivity index (χ4v) is 2.00. The highest BCUT2D eigenvalue weighted by Gasteiger charge is 2.37. The van der Waals surface area contributed by atoms with Crippen LogP contribution in [0.1, 0.15) is 26.3 Å². The minimum absolute atomic E-state index is 0.436. The lowest BCUT2D eigenvalue weighted by Gasteiger charge is -2.25. The van der Waals surface area contributed by atoms with E-state index in [2.05, 4.69) is 5.32 Å². The summed E-state index contributed by atoms with van der Waals surface area (Å²) in [5.74, 6) is -2.74. The third-order valence-electron chi connectivity index (χ3n) is 2.88. The molecule has 1 aromatic carbocycles. The standard InChI is InChI=1S/C15H21NO4/c1-15(2,3)12(14(18)19)13(17)16-11-7-5-6-10(8-11)9-20-4/h5-8,12H,9H2,1-4H3,(H,16,17)(H,18,19). The Bertz CT molecular complexity index is 491. The SMILES string of the molecule is COCc1cccc(NC(=O)C(C(=O)O)C(C)(C)C)c1. The van der Waals surface area contributed by atoms with Gasteiger partial charge in [0.2, 0.25) is 5.91 Å². The van der Waals surface area contributed by atoms with Crippen molar-refractivity contribution in [2.45, 2.75) is 27.4 Å². The smallest absolute Gasteiger partial charge is 0.316 e. The number of amides is 1. The van der Waals surface area contributed by atoms with Crippen LogP contribution in [0.3, 0.4) is 0 Å². The summed E-state index contributed by atoms with van der Waals surface area (Å²) in [6.45, 7) is 5.62. The molecule has 1 unspecified atom stereocenters. The first-order chi connectivity index (χ1) is 9.25. The van der Waals surface area contributed by atoms with Gasteiger partial charge in [0, 0.05) is 12.8 Å². The van der Waals surface area contributed by atoms with Crippen LogP contribution in [0.2, 0.25) is 0 Å². The average Bonchev–Trinajstić information content (AvgIpc) is 2.26. The normalized spacial score (nSPS) is 12.8. The lowest BCUT2D eigenvalue weighted by atomic mass is 9.80. The highest BCUT2D eigenvalue weighted by molar-refractivity contribution is 6.04. The second kappa shape index (κ2) is 6.52. The molecule has 2 N–H and O–H groups in total. The molecule has 0 saturated carbocycles. The van der Waals surface area contributed by atoms with Gasteiger partial charge in [0.1, 0.15) is 5.92 Å². The third-order valence-corrected chi connectivity index (χ3v) is 2.88. The first kappa shape index (κ1) is 16.2. The van der Waals surface area contributed by atoms with E-state index in [1.807, 2.05) is 6.07 Å². The number of benzene rings is 1. The number of anilines is 1. The monoisotopic (exact) mass is 279 g/mol. The summed E-state index contributed by atoms with van der Waals surface area (Å²) < 4.78 is 5.02. The lowest BCUT2D eigenvalue weighted by Crippen LogP contribution is -2.39. The Morgan fingerprint density at radius 2 is 2.00 bits per heavy atom. The van der Waals surface area contributed by atoms with E-state index >= 15 is 0 Å². The number of carboxylic acids is 1. The maximum Gasteiger partial charge on any atom is 0.316 e. The van der Waals surface area contributed by atoms with E-state index in [1.165, 1.54) is 0 Å². The Morgan fingerprint density at radius 1 is 1.35 bits per heavy atom. The number of rotatable bonds is 5. The zero-order valence-electron chi connectivity index (χ0n) is 12.3. The predicted molar refractivity (Wildman–Crippen MR) is 76.4 cm³/mol. The van der Waals surface area contributed by atoms with Gasteiger partial charge in [-0.05, 0) is 23.1 Å². The number of carbonyl (C=O) groups excluding carboxylic acids is 1. The van der Waals surface area contributed by atoms with Crippen molar-refractivity contribution < 1.29 is 19.4 Å². The molecule has 0 saturated heterocycles. The molecule has 20 heavy (non-hydrogen) atoms. The zero-order valence-corrected chi connectivity index (χ0v) is 12.3. The van der Waals surface area contributed by atoms with Gasteiger partial charge in [0.25, 0.3) is 0 Å². The van der Waals surface area contributed by atoms with E-state index in [4.69, 9.17) is 4.74 Å². The van der Waals surface area contributed by atoms with E-state index in [1.54, 1.807) is 46.1 Å². The first-order valence-electron chi connectivity index (χ1n) is 6.37. The number of carbonyl (C=O) groups is 2. The largest absolute Gasteiger partial charge is 0.481 e. The molecule has 0 fully saturated rings. The van der Waals surface area contributed by atoms with Gasteiger partial charge >= 0.3 is 5.97 Å². The Labute approximate surface area is 118 Å². The molecule has 0 spiro atoms. The Hall–Kier alpha value is -1.88. The number of hydrogen-bond donors (Lipinski definition) is 2. The molecule has 5 heteroatoms. The van der Waals surface area contributed by atoms with Crippen molar-refractivity contribution in [3.8, 4) is 0 Å². The molecule has 0 heterocycles. The van der Waals surface area contributed by atoms with E-state index in [0.717, 1.165) is 5.56 Å². The van der Waals surface area contributed by atoms with Crippen molar-refractivity contribution >= 4 is 17.6 Å². The lowest BCUT2D eigenvalue weighted by molar-refractivity contribution is -0.149. The van der Waals surface area contributed by atoms with E-state index < -0.39 is 23.2 Å². The Kier molecular flexibility index (Phi) is 5.27. The molecule has 110 valence electrons. The van der Waals surface area contributed by atoms with E-state index in [0.29, 0.717) is 12.3 Å². The molecule has 1 amide bonds. The molecule has 0 aromatic heterocycles. The van der Waals surface area contributed by atoms with Gasteiger partial charge in [0.15, 0.2) is 0 Å². The molecular weight excluding hydrogens is 258 g/mol. The number of methoxy groups -OCH3 is 1. The fraction of sp³-hybridized carbons (Fsp3) is 0.467. The van der Waals surface area contributed by atoms with Crippen LogP contribution >= 0.6 is 0 Å². The highest BCUT2D eigenvalue weighted by atomic mass is 16.5. The third kappa shape index (κ3) is 4.35. The summed E-state index contributed by atoms with van der Waals surface area (Å²) >= 11 is 0. The van der Waals surface area contributed by atoms with Gasteiger partial charge in [0.05, 0.1) is 6.61 Å². The van der Waals surface area contributed by atoms with Crippen molar-refractivity contribution in [3.63, 3.8) is 0 Å². The quantitative estimate of drug-likeness (QED) is 0.812. The topological polar surface area (TPSA) is 75.6 Å². The van der Waals surface area contributed by atoms with Crippen LogP contribution in [0.25, 0.3) is 0 Å². The van der Waals surface area contributed by atoms with Crippen LogP contribution in [0.15, 0.2) is 24.3 Å². The molecule has 1 rings (SSSR count). The highest BCUT2D eigenvalue weighted by Crippen LogP contribution is 2.27. The fourth-order valence-electron chi connectivity index (χ4n) is 2.00. The molecule has 5 nitrogen and oxygen atoms in total. The molecule has 0 bridgehead atoms. The van der Waals surface area contributed by atoms with Crippen LogP contribution in [0, 0.1) is 11.3 Å². The molecule has 1 aromatic rings. The minimum Gasteiger partial charge on any atom is -0.481 e. The van der Waals surface area contributed by atoms with Gasteiger partial charge < -0.3 is 15.2 Å². The Balaban J connectivity index is 2.88. The number of ether oxygens (including phenoxy) is 1. The van der Waals surface area contributed by atoms with E-state index in [9.17, 15) is 14.7 Å². The van der Waals surface area contributed by atoms with Crippen LogP contribution in [-0.2, 0) is 20.9 Å². The second-order valence-electron chi connectivity index (χ2n) is 5.76. The van der Waals surface area contributed by atoms with Crippen molar-refractivity contribution in [1.29, 1.82) is 0 Å². The number of carboxylic acid groups (broad SMARTS) is 1. The molecule has 0 aliphatic rings. The summed E-state index contributed by atoms with van der Waals surface area (Å²) in [4.78, 5) is 23.4. The molecular formula is C15H21NO4. The van der Waals surface area contributed by atoms with Crippen molar-refractivity contribution in [2.75, 3.05) is 12.4 Å². The molecule has 1 atom stereocenters. The van der Waals surface area contributed by atoms with Crippen LogP contribution in [0.5, 0.6) is 0 Å². The van der Waals surface area contributed by atoms with E-state index in [-0.39, 0.29) is 0 Å². The minimum atomic E-state index is -1.12. The number of hydrogen-bond acceptors (Lipinski definition) is 3. The first-order valence-corrected chi connectivity index (χ1v) is 6.37. The second-order valence-corrected chi connectivity index (χ2v) is 5.76. The number of aliphatic carboxylic acids is 1. The zero-order chi connectivity index (χ0) is 15.3. The summed E-state index contributed by atoms with van der Waals surface area (Å²) in [6, 6.07) is 7.15. The van der Waals surface area contributed by atoms with Crippen LogP contribution in [-0.4, -0.2) is 24.1 Å². The Morgan fingerprint density at radius 3 is 2.50 bits per heavy atom. The van der Waals surface area contributed by atoms with Crippen LogP contribution in [0.4, 0.5) is 5.69 Å². The van der Waals surface area contributed by atoms with Crippen LogP contribution < -0.4 is 5.32 Å². The van der Waals surface area contributed by atoms with Crippen molar-refractivity contribution in [1.82, 2.24) is 0 Å². The van der Waals surface area contributed by atoms with Gasteiger partial charge in [-0.15, -0.1) is 0 Å². The van der Waals surface area contributed by atoms with Gasteiger partial charge in [-0.2, -0.15) is 0 Å². The maximum absolute atomic E-state index is 12.1. The number of nitrogens with one attached hydrogen (secondary N) is 1. The van der Waals surface area contributed by atoms with Crippen molar-refractivity contribution in [3.05, 3.63) is 29.8 Å². The van der Waals surface area contributed by atoms with Gasteiger partial charge in [-0.3, -0.25) is 9.59 Å². The summed E-state index contributed by atoms with van der Waals surface area (Å²) in [5.41, 5.74) is 0.827. The molecule has 0 aliphatic carbocycles. The average molecular weight is 279 g/mol. The molecule has 0 aliphatic heterocycles. The summed E-state index contributed by atoms with van der Waals surface area (Å²) in [5, 5.41) is 11.9. The predicted octanol–water partition coefficient (Wildman–Crippen LogP) is 2.52. The maximum atomic E-state index is 12.1. The van der Waals surface area contributed by atoms with Gasteiger partial charge in [-0.25, -0.2) is 0 Å².